The Morgan fingerprint density at radius 1 is 1.17 bits per heavy atom. The third-order valence-electron chi connectivity index (χ3n) is 3.69. The van der Waals surface area contributed by atoms with Gasteiger partial charge in [0, 0.05) is 17.5 Å². The van der Waals surface area contributed by atoms with Crippen LogP contribution in [0.1, 0.15) is 16.2 Å². The molecule has 0 atom stereocenters. The number of furan rings is 1. The third-order valence-corrected chi connectivity index (χ3v) is 5.43. The molecule has 0 unspecified atom stereocenters. The number of nitro benzene ring substituents is 1. The van der Waals surface area contributed by atoms with Crippen LogP contribution in [0.5, 0.6) is 0 Å². The Balaban J connectivity index is 1.38. The first-order valence-electron chi connectivity index (χ1n) is 8.12. The Hall–Kier alpha value is -3.64. The van der Waals surface area contributed by atoms with Crippen molar-refractivity contribution >= 4 is 60.7 Å². The number of hydrogen-bond donors (Lipinski definition) is 2. The van der Waals surface area contributed by atoms with Crippen LogP contribution in [0, 0.1) is 10.1 Å². The number of non-ortho nitro benzene ring substituents is 1. The number of amides is 2. The number of nitrogens with zero attached hydrogens (tertiary/aromatic N) is 3. The third kappa shape index (κ3) is 4.28. The summed E-state index contributed by atoms with van der Waals surface area (Å²) >= 11 is 2.34. The summed E-state index contributed by atoms with van der Waals surface area (Å²) < 4.78 is 5.61. The lowest BCUT2D eigenvalue weighted by atomic mass is 10.3. The van der Waals surface area contributed by atoms with Crippen LogP contribution in [0.2, 0.25) is 0 Å². The van der Waals surface area contributed by atoms with Gasteiger partial charge in [-0.25, -0.2) is 9.97 Å². The zero-order valence-corrected chi connectivity index (χ0v) is 16.1. The number of nitrogens with one attached hydrogen (secondary N) is 2. The lowest BCUT2D eigenvalue weighted by Crippen LogP contribution is -2.15. The van der Waals surface area contributed by atoms with Gasteiger partial charge in [-0.15, -0.1) is 11.3 Å². The second kappa shape index (κ2) is 7.77. The van der Waals surface area contributed by atoms with Crippen molar-refractivity contribution in [2.24, 2.45) is 0 Å². The van der Waals surface area contributed by atoms with E-state index in [1.54, 1.807) is 11.4 Å². The van der Waals surface area contributed by atoms with Crippen molar-refractivity contribution in [3.8, 4) is 0 Å². The number of fused-ring (bicyclic) bond motifs is 1. The quantitative estimate of drug-likeness (QED) is 0.352. The molecule has 0 aliphatic rings. The van der Waals surface area contributed by atoms with E-state index in [1.807, 2.05) is 0 Å². The van der Waals surface area contributed by atoms with Gasteiger partial charge in [0.1, 0.15) is 0 Å². The van der Waals surface area contributed by atoms with Crippen LogP contribution in [0.25, 0.3) is 10.2 Å². The fraction of sp³-hybridized carbons (Fsp3) is 0.0588. The fourth-order valence-corrected chi connectivity index (χ4v) is 4.04. The summed E-state index contributed by atoms with van der Waals surface area (Å²) in [5.74, 6) is -0.604. The predicted molar refractivity (Wildman–Crippen MR) is 107 cm³/mol. The van der Waals surface area contributed by atoms with E-state index < -0.39 is 10.8 Å². The molecule has 4 rings (SSSR count). The van der Waals surface area contributed by atoms with E-state index in [-0.39, 0.29) is 23.8 Å². The van der Waals surface area contributed by atoms with Gasteiger partial charge in [0.25, 0.3) is 11.6 Å². The van der Waals surface area contributed by atoms with Crippen LogP contribution in [-0.4, -0.2) is 26.7 Å². The average molecular weight is 429 g/mol. The van der Waals surface area contributed by atoms with Gasteiger partial charge < -0.3 is 9.73 Å². The van der Waals surface area contributed by atoms with Crippen molar-refractivity contribution in [3.63, 3.8) is 0 Å². The molecular formula is C17H11N5O5S2. The molecule has 2 N–H and O–H groups in total. The van der Waals surface area contributed by atoms with Crippen LogP contribution >= 0.6 is 22.7 Å². The van der Waals surface area contributed by atoms with Crippen molar-refractivity contribution in [2.75, 3.05) is 10.6 Å². The first-order chi connectivity index (χ1) is 14.0. The zero-order valence-electron chi connectivity index (χ0n) is 14.4. The number of thiazole rings is 2. The summed E-state index contributed by atoms with van der Waals surface area (Å²) in [6.07, 6.45) is 1.38. The molecule has 0 saturated heterocycles. The largest absolute Gasteiger partial charge is 0.459 e. The lowest BCUT2D eigenvalue weighted by molar-refractivity contribution is -0.384. The van der Waals surface area contributed by atoms with Crippen LogP contribution in [0.4, 0.5) is 16.0 Å². The van der Waals surface area contributed by atoms with Crippen LogP contribution in [0.3, 0.4) is 0 Å². The van der Waals surface area contributed by atoms with E-state index >= 15 is 0 Å². The molecule has 0 aliphatic heterocycles. The summed E-state index contributed by atoms with van der Waals surface area (Å²) in [5.41, 5.74) is 1.01. The molecule has 4 aromatic rings. The molecule has 3 aromatic heterocycles. The molecule has 3 heterocycles. The molecular weight excluding hydrogens is 418 g/mol. The molecule has 0 radical (unpaired) electrons. The van der Waals surface area contributed by atoms with Crippen molar-refractivity contribution < 1.29 is 18.9 Å². The summed E-state index contributed by atoms with van der Waals surface area (Å²) in [5, 5.41) is 18.5. The number of carbonyl (C=O) groups excluding carboxylic acids is 2. The van der Waals surface area contributed by atoms with E-state index in [0.29, 0.717) is 26.2 Å². The molecule has 0 fully saturated rings. The highest BCUT2D eigenvalue weighted by molar-refractivity contribution is 7.22. The van der Waals surface area contributed by atoms with Gasteiger partial charge in [0.05, 0.1) is 33.5 Å². The first kappa shape index (κ1) is 18.7. The monoisotopic (exact) mass is 429 g/mol. The molecule has 10 nitrogen and oxygen atoms in total. The highest BCUT2D eigenvalue weighted by atomic mass is 32.1. The average Bonchev–Trinajstić information content (AvgIpc) is 3.41. The van der Waals surface area contributed by atoms with Gasteiger partial charge in [-0.1, -0.05) is 11.3 Å². The van der Waals surface area contributed by atoms with Gasteiger partial charge in [0.2, 0.25) is 5.91 Å². The molecule has 12 heteroatoms. The van der Waals surface area contributed by atoms with Crippen molar-refractivity contribution in [1.82, 2.24) is 9.97 Å². The number of nitro groups is 1. The topological polar surface area (TPSA) is 140 Å². The molecule has 0 bridgehead atoms. The minimum absolute atomic E-state index is 0.0107. The van der Waals surface area contributed by atoms with Crippen molar-refractivity contribution in [2.45, 2.75) is 6.42 Å². The maximum Gasteiger partial charge on any atom is 0.293 e. The second-order valence-electron chi connectivity index (χ2n) is 5.73. The van der Waals surface area contributed by atoms with Gasteiger partial charge in [-0.05, 0) is 18.2 Å². The maximum absolute atomic E-state index is 12.3. The highest BCUT2D eigenvalue weighted by Gasteiger charge is 2.15. The van der Waals surface area contributed by atoms with Gasteiger partial charge in [0.15, 0.2) is 16.0 Å². The van der Waals surface area contributed by atoms with Crippen molar-refractivity contribution in [3.05, 3.63) is 63.5 Å². The maximum atomic E-state index is 12.3. The number of hydrogen-bond acceptors (Lipinski definition) is 9. The normalized spacial score (nSPS) is 10.8. The van der Waals surface area contributed by atoms with Gasteiger partial charge >= 0.3 is 0 Å². The summed E-state index contributed by atoms with van der Waals surface area (Å²) in [7, 11) is 0. The van der Waals surface area contributed by atoms with Crippen molar-refractivity contribution in [1.29, 1.82) is 0 Å². The highest BCUT2D eigenvalue weighted by Crippen LogP contribution is 2.29. The smallest absolute Gasteiger partial charge is 0.293 e. The zero-order chi connectivity index (χ0) is 20.4. The summed E-state index contributed by atoms with van der Waals surface area (Å²) in [6, 6.07) is 7.45. The van der Waals surface area contributed by atoms with E-state index in [1.165, 1.54) is 41.9 Å². The molecule has 0 saturated carbocycles. The second-order valence-corrected chi connectivity index (χ2v) is 7.62. The Morgan fingerprint density at radius 3 is 2.79 bits per heavy atom. The first-order valence-corrected chi connectivity index (χ1v) is 9.81. The van der Waals surface area contributed by atoms with Crippen LogP contribution in [-0.2, 0) is 11.2 Å². The lowest BCUT2D eigenvalue weighted by Gasteiger charge is -1.99. The number of anilines is 2. The molecule has 29 heavy (non-hydrogen) atoms. The number of carbonyl (C=O) groups is 2. The molecule has 0 spiro atoms. The van der Waals surface area contributed by atoms with Gasteiger partial charge in [-0.3, -0.25) is 25.0 Å². The molecule has 0 aliphatic carbocycles. The Kier molecular flexibility index (Phi) is 5.01. The molecule has 1 aromatic carbocycles. The van der Waals surface area contributed by atoms with E-state index in [4.69, 9.17) is 4.42 Å². The summed E-state index contributed by atoms with van der Waals surface area (Å²) in [6.45, 7) is 0. The van der Waals surface area contributed by atoms with E-state index in [2.05, 4.69) is 20.6 Å². The van der Waals surface area contributed by atoms with Gasteiger partial charge in [-0.2, -0.15) is 0 Å². The van der Waals surface area contributed by atoms with E-state index in [0.717, 1.165) is 11.3 Å². The Bertz CT molecular complexity index is 1210. The fourth-order valence-electron chi connectivity index (χ4n) is 2.42. The predicted octanol–water partition coefficient (Wildman–Crippen LogP) is 3.69. The number of rotatable bonds is 6. The Morgan fingerprint density at radius 2 is 2.03 bits per heavy atom. The van der Waals surface area contributed by atoms with Crippen LogP contribution < -0.4 is 10.6 Å². The minimum atomic E-state index is -0.484. The molecule has 2 amide bonds. The van der Waals surface area contributed by atoms with E-state index in [9.17, 15) is 19.7 Å². The standard InChI is InChI=1S/C17H11N5O5S2/c23-14(20-17-19-11-4-3-10(22(25)26)7-13(11)29-17)6-9-8-28-16(18-9)21-15(24)12-2-1-5-27-12/h1-5,7-8H,6H2,(H,18,21,24)(H,19,20,23). The van der Waals surface area contributed by atoms with Crippen LogP contribution in [0.15, 0.2) is 46.4 Å². The Labute approximate surface area is 170 Å². The number of benzene rings is 1. The SMILES string of the molecule is O=C(Cc1csc(NC(=O)c2ccco2)n1)Nc1nc2ccc([N+](=O)[O-])cc2s1. The minimum Gasteiger partial charge on any atom is -0.459 e. The number of aromatic nitrogens is 2. The summed E-state index contributed by atoms with van der Waals surface area (Å²) in [4.78, 5) is 43.0. The molecule has 146 valence electrons.